The lowest BCUT2D eigenvalue weighted by Crippen LogP contribution is -2.41. The van der Waals surface area contributed by atoms with Gasteiger partial charge in [0.05, 0.1) is 17.1 Å². The predicted octanol–water partition coefficient (Wildman–Crippen LogP) is 3.75. The molecule has 6 nitrogen and oxygen atoms in total. The van der Waals surface area contributed by atoms with Crippen LogP contribution in [-0.4, -0.2) is 39.3 Å². The average Bonchev–Trinajstić information content (AvgIpc) is 3.13. The third-order valence-electron chi connectivity index (χ3n) is 5.09. The van der Waals surface area contributed by atoms with Gasteiger partial charge in [0.2, 0.25) is 5.91 Å². The number of likely N-dealkylation sites (tertiary alicyclic amines) is 1. The van der Waals surface area contributed by atoms with Gasteiger partial charge in [0.25, 0.3) is 5.91 Å². The zero-order chi connectivity index (χ0) is 22.8. The number of hydrogen-bond donors (Lipinski definition) is 1. The molecule has 1 N–H and O–H groups in total. The summed E-state index contributed by atoms with van der Waals surface area (Å²) in [6.07, 6.45) is 2.85. The van der Waals surface area contributed by atoms with Crippen molar-refractivity contribution in [3.63, 3.8) is 0 Å². The van der Waals surface area contributed by atoms with Crippen LogP contribution in [-0.2, 0) is 11.3 Å². The van der Waals surface area contributed by atoms with Crippen LogP contribution in [0.15, 0.2) is 48.8 Å². The lowest BCUT2D eigenvalue weighted by molar-refractivity contribution is -0.129. The number of amides is 2. The van der Waals surface area contributed by atoms with Gasteiger partial charge < -0.3 is 10.2 Å². The van der Waals surface area contributed by atoms with Crippen molar-refractivity contribution in [1.29, 1.82) is 0 Å². The van der Waals surface area contributed by atoms with E-state index in [9.17, 15) is 22.8 Å². The molecular formula is C22H16ClF3N4O2. The molecule has 164 valence electrons. The quantitative estimate of drug-likeness (QED) is 0.588. The van der Waals surface area contributed by atoms with Gasteiger partial charge in [-0.05, 0) is 30.7 Å². The highest BCUT2D eigenvalue weighted by atomic mass is 35.5. The highest BCUT2D eigenvalue weighted by Gasteiger charge is 2.34. The second-order valence-electron chi connectivity index (χ2n) is 7.20. The van der Waals surface area contributed by atoms with Gasteiger partial charge in [-0.2, -0.15) is 0 Å². The van der Waals surface area contributed by atoms with Gasteiger partial charge in [0, 0.05) is 30.1 Å². The summed E-state index contributed by atoms with van der Waals surface area (Å²) in [7, 11) is 0. The molecule has 10 heteroatoms. The smallest absolute Gasteiger partial charge is 0.255 e. The van der Waals surface area contributed by atoms with E-state index in [1.807, 2.05) is 0 Å². The van der Waals surface area contributed by atoms with Gasteiger partial charge in [-0.15, -0.1) is 0 Å². The Kier molecular flexibility index (Phi) is 6.09. The molecule has 4 rings (SSSR count). The van der Waals surface area contributed by atoms with Crippen LogP contribution >= 0.6 is 11.6 Å². The number of nitrogens with zero attached hydrogens (tertiary/aromatic N) is 3. The van der Waals surface area contributed by atoms with Crippen LogP contribution in [0.3, 0.4) is 0 Å². The molecule has 2 amide bonds. The van der Waals surface area contributed by atoms with Crippen LogP contribution < -0.4 is 5.32 Å². The van der Waals surface area contributed by atoms with Crippen molar-refractivity contribution in [3.8, 4) is 11.4 Å². The van der Waals surface area contributed by atoms with Crippen molar-refractivity contribution in [3.05, 3.63) is 82.4 Å². The Morgan fingerprint density at radius 2 is 1.84 bits per heavy atom. The standard InChI is InChI=1S/C22H16ClF3N4O2/c23-19-15(16(25)4-5-17(19)26)11-30-7-6-18(22(30)32)29-21(31)13-9-27-20(28-10-13)12-2-1-3-14(24)8-12/h1-5,8-10,18H,6-7,11H2,(H,29,31). The topological polar surface area (TPSA) is 75.2 Å². The number of carbonyl (C=O) groups excluding carboxylic acids is 2. The molecule has 1 aliphatic heterocycles. The summed E-state index contributed by atoms with van der Waals surface area (Å²) in [5.74, 6) is -2.68. The van der Waals surface area contributed by atoms with Crippen LogP contribution in [0.5, 0.6) is 0 Å². The fourth-order valence-corrected chi connectivity index (χ4v) is 3.61. The maximum Gasteiger partial charge on any atom is 0.255 e. The molecule has 1 fully saturated rings. The number of rotatable bonds is 5. The lowest BCUT2D eigenvalue weighted by atomic mass is 10.2. The Morgan fingerprint density at radius 1 is 1.12 bits per heavy atom. The first kappa shape index (κ1) is 21.8. The maximum atomic E-state index is 14.0. The molecule has 1 saturated heterocycles. The molecule has 2 heterocycles. The normalized spacial score (nSPS) is 15.8. The van der Waals surface area contributed by atoms with Crippen LogP contribution in [0.25, 0.3) is 11.4 Å². The largest absolute Gasteiger partial charge is 0.340 e. The van der Waals surface area contributed by atoms with E-state index in [0.29, 0.717) is 12.0 Å². The van der Waals surface area contributed by atoms with Gasteiger partial charge >= 0.3 is 0 Å². The van der Waals surface area contributed by atoms with E-state index in [2.05, 4.69) is 15.3 Å². The Labute approximate surface area is 186 Å². The van der Waals surface area contributed by atoms with Gasteiger partial charge in [0.15, 0.2) is 5.82 Å². The van der Waals surface area contributed by atoms with E-state index in [4.69, 9.17) is 11.6 Å². The van der Waals surface area contributed by atoms with Crippen molar-refractivity contribution in [2.75, 3.05) is 6.54 Å². The third kappa shape index (κ3) is 4.43. The lowest BCUT2D eigenvalue weighted by Gasteiger charge is -2.18. The molecule has 1 aliphatic rings. The molecule has 32 heavy (non-hydrogen) atoms. The first-order chi connectivity index (χ1) is 15.3. The van der Waals surface area contributed by atoms with E-state index in [1.54, 1.807) is 6.07 Å². The highest BCUT2D eigenvalue weighted by molar-refractivity contribution is 6.31. The number of aromatic nitrogens is 2. The Bertz CT molecular complexity index is 1190. The van der Waals surface area contributed by atoms with E-state index in [0.717, 1.165) is 12.1 Å². The van der Waals surface area contributed by atoms with Gasteiger partial charge in [0.1, 0.15) is 23.5 Å². The predicted molar refractivity (Wildman–Crippen MR) is 110 cm³/mol. The summed E-state index contributed by atoms with van der Waals surface area (Å²) in [6, 6.07) is 6.76. The number of carbonyl (C=O) groups is 2. The molecule has 1 aromatic heterocycles. The van der Waals surface area contributed by atoms with Crippen molar-refractivity contribution in [1.82, 2.24) is 20.2 Å². The summed E-state index contributed by atoms with van der Waals surface area (Å²) < 4.78 is 41.0. The molecule has 0 saturated carbocycles. The summed E-state index contributed by atoms with van der Waals surface area (Å²) in [5.41, 5.74) is 0.464. The van der Waals surface area contributed by atoms with E-state index in [1.165, 1.54) is 35.5 Å². The van der Waals surface area contributed by atoms with Crippen LogP contribution in [0, 0.1) is 17.5 Å². The van der Waals surface area contributed by atoms with Crippen molar-refractivity contribution in [2.24, 2.45) is 0 Å². The molecule has 0 bridgehead atoms. The minimum Gasteiger partial charge on any atom is -0.340 e. The zero-order valence-electron chi connectivity index (χ0n) is 16.5. The maximum absolute atomic E-state index is 14.0. The third-order valence-corrected chi connectivity index (χ3v) is 5.50. The van der Waals surface area contributed by atoms with Gasteiger partial charge in [-0.25, -0.2) is 23.1 Å². The first-order valence-electron chi connectivity index (χ1n) is 9.63. The molecular weight excluding hydrogens is 445 g/mol. The average molecular weight is 461 g/mol. The molecule has 1 atom stereocenters. The molecule has 2 aromatic carbocycles. The van der Waals surface area contributed by atoms with E-state index in [-0.39, 0.29) is 35.1 Å². The SMILES string of the molecule is O=C(NC1CCN(Cc2c(F)ccc(F)c2Cl)C1=O)c1cnc(-c2cccc(F)c2)nc1. The molecule has 0 radical (unpaired) electrons. The zero-order valence-corrected chi connectivity index (χ0v) is 17.2. The van der Waals surface area contributed by atoms with E-state index < -0.39 is 35.3 Å². The number of hydrogen-bond acceptors (Lipinski definition) is 4. The van der Waals surface area contributed by atoms with E-state index >= 15 is 0 Å². The summed E-state index contributed by atoms with van der Waals surface area (Å²) >= 11 is 5.83. The van der Waals surface area contributed by atoms with Crippen LogP contribution in [0.4, 0.5) is 13.2 Å². The van der Waals surface area contributed by atoms with Gasteiger partial charge in [-0.1, -0.05) is 23.7 Å². The fraction of sp³-hybridized carbons (Fsp3) is 0.182. The Hall–Kier alpha value is -3.46. The summed E-state index contributed by atoms with van der Waals surface area (Å²) in [5, 5.41) is 2.22. The summed E-state index contributed by atoms with van der Waals surface area (Å²) in [4.78, 5) is 34.6. The minimum absolute atomic E-state index is 0.117. The Morgan fingerprint density at radius 3 is 2.56 bits per heavy atom. The van der Waals surface area contributed by atoms with Crippen molar-refractivity contribution in [2.45, 2.75) is 19.0 Å². The minimum atomic E-state index is -0.833. The number of nitrogens with one attached hydrogen (secondary N) is 1. The number of halogens is 4. The van der Waals surface area contributed by atoms with Crippen molar-refractivity contribution >= 4 is 23.4 Å². The van der Waals surface area contributed by atoms with Gasteiger partial charge in [-0.3, -0.25) is 9.59 Å². The summed E-state index contributed by atoms with van der Waals surface area (Å²) in [6.45, 7) is 0.0319. The first-order valence-corrected chi connectivity index (χ1v) is 10.0. The molecule has 3 aromatic rings. The second kappa shape index (κ2) is 8.96. The monoisotopic (exact) mass is 460 g/mol. The highest BCUT2D eigenvalue weighted by Crippen LogP contribution is 2.26. The van der Waals surface area contributed by atoms with Crippen LogP contribution in [0.1, 0.15) is 22.3 Å². The fourth-order valence-electron chi connectivity index (χ4n) is 3.40. The molecule has 0 aliphatic carbocycles. The molecule has 0 spiro atoms. The molecule has 1 unspecified atom stereocenters. The van der Waals surface area contributed by atoms with Crippen LogP contribution in [0.2, 0.25) is 5.02 Å². The number of benzene rings is 2. The van der Waals surface area contributed by atoms with Crippen molar-refractivity contribution < 1.29 is 22.8 Å². The Balaban J connectivity index is 1.41. The second-order valence-corrected chi connectivity index (χ2v) is 7.58.